The zero-order valence-corrected chi connectivity index (χ0v) is 29.6. The van der Waals surface area contributed by atoms with Gasteiger partial charge in [0.15, 0.2) is 0 Å². The summed E-state index contributed by atoms with van der Waals surface area (Å²) in [6.07, 6.45) is 8.27. The second-order valence-electron chi connectivity index (χ2n) is 13.5. The molecule has 11 nitrogen and oxygen atoms in total. The number of hydrogen-bond acceptors (Lipinski definition) is 10. The fourth-order valence-electron chi connectivity index (χ4n) is 7.34. The van der Waals surface area contributed by atoms with E-state index < -0.39 is 5.82 Å². The molecule has 4 N–H and O–H groups in total. The number of aromatic nitrogens is 2. The topological polar surface area (TPSA) is 118 Å². The van der Waals surface area contributed by atoms with Crippen LogP contribution < -0.4 is 25.6 Å². The number of hydrogen-bond donors (Lipinski definition) is 4. The Kier molecular flexibility index (Phi) is 11.7. The first-order valence-corrected chi connectivity index (χ1v) is 17.9. The van der Waals surface area contributed by atoms with Gasteiger partial charge < -0.3 is 30.7 Å². The smallest absolute Gasteiger partial charge is 0.247 e. The third kappa shape index (κ3) is 8.66. The van der Waals surface area contributed by atoms with Crippen LogP contribution in [0, 0.1) is 5.82 Å². The molecule has 0 radical (unpaired) electrons. The number of amides is 1. The van der Waals surface area contributed by atoms with Crippen LogP contribution in [-0.2, 0) is 11.2 Å². The number of piperidine rings is 1. The van der Waals surface area contributed by atoms with Crippen LogP contribution in [0.1, 0.15) is 44.6 Å². The number of methoxy groups -OCH3 is 1. The number of ether oxygens (including phenoxy) is 1. The third-order valence-corrected chi connectivity index (χ3v) is 10.5. The maximum Gasteiger partial charge on any atom is 0.247 e. The molecule has 1 aliphatic carbocycles. The average Bonchev–Trinajstić information content (AvgIpc) is 3.96. The Labute approximate surface area is 298 Å². The molecule has 2 saturated heterocycles. The van der Waals surface area contributed by atoms with Gasteiger partial charge in [0.05, 0.1) is 29.2 Å². The van der Waals surface area contributed by atoms with Crippen LogP contribution >= 0.6 is 11.6 Å². The molecule has 50 heavy (non-hydrogen) atoms. The minimum atomic E-state index is -0.485. The number of rotatable bonds is 14. The lowest BCUT2D eigenvalue weighted by Crippen LogP contribution is -2.57. The highest BCUT2D eigenvalue weighted by Crippen LogP contribution is 2.40. The van der Waals surface area contributed by atoms with Crippen LogP contribution in [0.3, 0.4) is 0 Å². The minimum absolute atomic E-state index is 0.0679. The molecular weight excluding hydrogens is 659 g/mol. The summed E-state index contributed by atoms with van der Waals surface area (Å²) >= 11 is 6.21. The summed E-state index contributed by atoms with van der Waals surface area (Å²) in [5.74, 6) is 0.798. The molecule has 268 valence electrons. The molecule has 1 amide bonds. The lowest BCUT2D eigenvalue weighted by atomic mass is 9.99. The molecule has 1 unspecified atom stereocenters. The van der Waals surface area contributed by atoms with E-state index in [1.165, 1.54) is 31.3 Å². The summed E-state index contributed by atoms with van der Waals surface area (Å²) in [7, 11) is 1.62. The maximum atomic E-state index is 14.1. The van der Waals surface area contributed by atoms with Gasteiger partial charge in [0.1, 0.15) is 29.5 Å². The van der Waals surface area contributed by atoms with Gasteiger partial charge in [-0.25, -0.2) is 14.4 Å². The van der Waals surface area contributed by atoms with Crippen LogP contribution in [0.25, 0.3) is 0 Å². The van der Waals surface area contributed by atoms with E-state index in [4.69, 9.17) is 16.3 Å². The normalized spacial score (nSPS) is 19.5. The zero-order chi connectivity index (χ0) is 35.2. The number of benzene rings is 2. The van der Waals surface area contributed by atoms with Crippen LogP contribution in [0.4, 0.5) is 33.1 Å². The molecule has 1 saturated carbocycles. The summed E-state index contributed by atoms with van der Waals surface area (Å²) in [5.41, 5.74) is 2.78. The SMILES string of the molecule is C=CC(=O)Nc1cc(Nc2cc(N[C@H](CCO)Cc3cccc(F)c3Cl)ncn2)c(OC)cc1N1CCC(N2CCN(C3CC3)C(C)C2)CC1. The van der Waals surface area contributed by atoms with Crippen molar-refractivity contribution in [2.24, 2.45) is 0 Å². The number of aliphatic hydroxyl groups is 1. The lowest BCUT2D eigenvalue weighted by molar-refractivity contribution is -0.111. The maximum absolute atomic E-state index is 14.1. The van der Waals surface area contributed by atoms with Crippen LogP contribution in [0.15, 0.2) is 55.4 Å². The standard InChI is InChI=1S/C37H48ClFN8O3/c1-4-36(49)44-30-19-31(43-35-21-34(40-23-41-35)42-26(12-17-48)18-25-6-5-7-29(39)37(25)38)33(50-3)20-32(30)45-13-10-27(11-14-45)46-15-16-47(24(2)22-46)28-8-9-28/h4-7,19-21,23-24,26-28,48H,1,8-18,22H2,2-3H3,(H,44,49)(H2,40,41,42,43)/t24?,26-/m1/s1. The molecule has 3 aromatic rings. The summed E-state index contributed by atoms with van der Waals surface area (Å²) in [4.78, 5) is 29.1. The molecule has 2 atom stereocenters. The van der Waals surface area contributed by atoms with E-state index in [-0.39, 0.29) is 23.6 Å². The van der Waals surface area contributed by atoms with Gasteiger partial charge in [-0.15, -0.1) is 0 Å². The number of piperazine rings is 1. The van der Waals surface area contributed by atoms with Crippen molar-refractivity contribution >= 4 is 46.2 Å². The van der Waals surface area contributed by atoms with Gasteiger partial charge in [-0.05, 0) is 69.2 Å². The fourth-order valence-corrected chi connectivity index (χ4v) is 7.54. The molecule has 3 heterocycles. The molecule has 2 aromatic carbocycles. The predicted octanol–water partition coefficient (Wildman–Crippen LogP) is 5.69. The van der Waals surface area contributed by atoms with Crippen molar-refractivity contribution < 1.29 is 19.0 Å². The molecule has 2 aliphatic heterocycles. The minimum Gasteiger partial charge on any atom is -0.494 e. The molecule has 0 bridgehead atoms. The van der Waals surface area contributed by atoms with Gasteiger partial charge in [0, 0.05) is 75.6 Å². The molecule has 3 aliphatic rings. The first-order chi connectivity index (χ1) is 24.3. The first kappa shape index (κ1) is 35.8. The number of aliphatic hydroxyl groups excluding tert-OH is 1. The molecule has 1 aromatic heterocycles. The van der Waals surface area contributed by atoms with Crippen molar-refractivity contribution in [1.82, 2.24) is 19.8 Å². The van der Waals surface area contributed by atoms with Gasteiger partial charge in [-0.3, -0.25) is 14.6 Å². The van der Waals surface area contributed by atoms with E-state index in [1.807, 2.05) is 12.1 Å². The summed E-state index contributed by atoms with van der Waals surface area (Å²) < 4.78 is 19.9. The number of nitrogens with zero attached hydrogens (tertiary/aromatic N) is 5. The van der Waals surface area contributed by atoms with E-state index >= 15 is 0 Å². The highest BCUT2D eigenvalue weighted by Gasteiger charge is 2.37. The molecule has 6 rings (SSSR count). The van der Waals surface area contributed by atoms with Crippen molar-refractivity contribution in [3.05, 3.63) is 71.8 Å². The van der Waals surface area contributed by atoms with Crippen molar-refractivity contribution in [2.45, 2.75) is 69.6 Å². The molecule has 3 fully saturated rings. The second kappa shape index (κ2) is 16.4. The van der Waals surface area contributed by atoms with Gasteiger partial charge in [-0.2, -0.15) is 0 Å². The van der Waals surface area contributed by atoms with E-state index in [9.17, 15) is 14.3 Å². The van der Waals surface area contributed by atoms with Gasteiger partial charge in [-0.1, -0.05) is 30.3 Å². The monoisotopic (exact) mass is 706 g/mol. The molecule has 13 heteroatoms. The van der Waals surface area contributed by atoms with E-state index in [0.717, 1.165) is 57.3 Å². The summed E-state index contributed by atoms with van der Waals surface area (Å²) in [6.45, 7) is 11.1. The van der Waals surface area contributed by atoms with Crippen molar-refractivity contribution in [3.8, 4) is 5.75 Å². The second-order valence-corrected chi connectivity index (χ2v) is 13.9. The lowest BCUT2D eigenvalue weighted by Gasteiger charge is -2.46. The zero-order valence-electron chi connectivity index (χ0n) is 28.9. The number of carbonyl (C=O) groups excluding carboxylic acids is 1. The number of nitrogens with one attached hydrogen (secondary N) is 3. The Morgan fingerprint density at radius 1 is 1.10 bits per heavy atom. The highest BCUT2D eigenvalue weighted by atomic mass is 35.5. The number of anilines is 5. The Balaban J connectivity index is 1.16. The van der Waals surface area contributed by atoms with E-state index in [1.54, 1.807) is 25.3 Å². The Morgan fingerprint density at radius 3 is 2.58 bits per heavy atom. The molecule has 0 spiro atoms. The number of carbonyl (C=O) groups is 1. The summed E-state index contributed by atoms with van der Waals surface area (Å²) in [6, 6.07) is 11.9. The highest BCUT2D eigenvalue weighted by molar-refractivity contribution is 6.31. The van der Waals surface area contributed by atoms with E-state index in [0.29, 0.717) is 59.2 Å². The van der Waals surface area contributed by atoms with Gasteiger partial charge >= 0.3 is 0 Å². The van der Waals surface area contributed by atoms with Crippen LogP contribution in [0.5, 0.6) is 5.75 Å². The Hall–Kier alpha value is -3.97. The van der Waals surface area contributed by atoms with Crippen molar-refractivity contribution in [1.29, 1.82) is 0 Å². The quantitative estimate of drug-likeness (QED) is 0.156. The van der Waals surface area contributed by atoms with E-state index in [2.05, 4.69) is 54.1 Å². The first-order valence-electron chi connectivity index (χ1n) is 17.6. The van der Waals surface area contributed by atoms with Gasteiger partial charge in [0.25, 0.3) is 0 Å². The third-order valence-electron chi connectivity index (χ3n) is 10.1. The Morgan fingerprint density at radius 2 is 1.88 bits per heavy atom. The summed E-state index contributed by atoms with van der Waals surface area (Å²) in [5, 5.41) is 19.4. The van der Waals surface area contributed by atoms with Crippen LogP contribution in [0.2, 0.25) is 5.02 Å². The number of halogens is 2. The fraction of sp³-hybridized carbons (Fsp3) is 0.486. The largest absolute Gasteiger partial charge is 0.494 e. The van der Waals surface area contributed by atoms with Gasteiger partial charge in [0.2, 0.25) is 5.91 Å². The predicted molar refractivity (Wildman–Crippen MR) is 197 cm³/mol. The Bertz CT molecular complexity index is 1650. The van der Waals surface area contributed by atoms with Crippen LogP contribution in [-0.4, -0.2) is 101 Å². The average molecular weight is 707 g/mol. The molecular formula is C37H48ClFN8O3. The van der Waals surface area contributed by atoms with Crippen molar-refractivity contribution in [3.63, 3.8) is 0 Å². The van der Waals surface area contributed by atoms with Crippen molar-refractivity contribution in [2.75, 3.05) is 67.3 Å².